The SMILES string of the molecule is O=C(CNC(=O)c1ccc(C(F)(F)F)cc1)OCCCC(=O)c1ccccc1. The first kappa shape index (κ1) is 21.1. The van der Waals surface area contributed by atoms with E-state index in [4.69, 9.17) is 4.74 Å². The number of ketones is 1. The van der Waals surface area contributed by atoms with Crippen molar-refractivity contribution in [2.45, 2.75) is 19.0 Å². The molecular weight excluding hydrogens is 375 g/mol. The quantitative estimate of drug-likeness (QED) is 0.422. The van der Waals surface area contributed by atoms with Gasteiger partial charge in [0.15, 0.2) is 5.78 Å². The van der Waals surface area contributed by atoms with Crippen molar-refractivity contribution >= 4 is 17.7 Å². The lowest BCUT2D eigenvalue weighted by Crippen LogP contribution is -2.30. The van der Waals surface area contributed by atoms with E-state index in [1.54, 1.807) is 30.3 Å². The minimum Gasteiger partial charge on any atom is -0.464 e. The van der Waals surface area contributed by atoms with Gasteiger partial charge in [0, 0.05) is 17.5 Å². The Labute approximate surface area is 159 Å². The molecule has 0 aliphatic heterocycles. The molecule has 0 aromatic heterocycles. The fourth-order valence-electron chi connectivity index (χ4n) is 2.30. The molecule has 0 saturated heterocycles. The third-order valence-corrected chi connectivity index (χ3v) is 3.77. The van der Waals surface area contributed by atoms with Gasteiger partial charge in [-0.05, 0) is 30.7 Å². The van der Waals surface area contributed by atoms with Crippen LogP contribution in [0.5, 0.6) is 0 Å². The molecule has 2 rings (SSSR count). The van der Waals surface area contributed by atoms with E-state index in [0.29, 0.717) is 12.0 Å². The Bertz CT molecular complexity index is 818. The topological polar surface area (TPSA) is 72.5 Å². The number of esters is 1. The molecule has 0 aliphatic carbocycles. The predicted molar refractivity (Wildman–Crippen MR) is 94.7 cm³/mol. The first-order valence-corrected chi connectivity index (χ1v) is 8.46. The van der Waals surface area contributed by atoms with Crippen molar-refractivity contribution in [3.05, 3.63) is 71.3 Å². The fraction of sp³-hybridized carbons (Fsp3) is 0.250. The summed E-state index contributed by atoms with van der Waals surface area (Å²) in [5.74, 6) is -1.45. The van der Waals surface area contributed by atoms with Gasteiger partial charge in [0.05, 0.1) is 12.2 Å². The average molecular weight is 393 g/mol. The zero-order valence-corrected chi connectivity index (χ0v) is 14.8. The molecule has 2 aromatic rings. The third kappa shape index (κ3) is 6.53. The first-order chi connectivity index (χ1) is 13.3. The summed E-state index contributed by atoms with van der Waals surface area (Å²) >= 11 is 0. The van der Waals surface area contributed by atoms with Crippen molar-refractivity contribution in [1.29, 1.82) is 0 Å². The Morgan fingerprint density at radius 2 is 1.54 bits per heavy atom. The van der Waals surface area contributed by atoms with Crippen LogP contribution < -0.4 is 5.32 Å². The second kappa shape index (κ2) is 9.68. The molecule has 0 bridgehead atoms. The molecule has 28 heavy (non-hydrogen) atoms. The summed E-state index contributed by atoms with van der Waals surface area (Å²) in [6, 6.07) is 12.3. The Morgan fingerprint density at radius 1 is 0.893 bits per heavy atom. The number of Topliss-reactive ketones (excluding diaryl/α,β-unsaturated/α-hetero) is 1. The number of rotatable bonds is 8. The van der Waals surface area contributed by atoms with Gasteiger partial charge in [-0.1, -0.05) is 30.3 Å². The molecular formula is C20H18F3NO4. The maximum absolute atomic E-state index is 12.5. The van der Waals surface area contributed by atoms with E-state index in [1.807, 2.05) is 0 Å². The Balaban J connectivity index is 1.68. The lowest BCUT2D eigenvalue weighted by Gasteiger charge is -2.08. The molecule has 148 valence electrons. The molecule has 0 heterocycles. The summed E-state index contributed by atoms with van der Waals surface area (Å²) < 4.78 is 42.4. The van der Waals surface area contributed by atoms with Gasteiger partial charge in [-0.3, -0.25) is 14.4 Å². The van der Waals surface area contributed by atoms with Gasteiger partial charge in [-0.15, -0.1) is 0 Å². The van der Waals surface area contributed by atoms with E-state index in [9.17, 15) is 27.6 Å². The molecule has 0 fully saturated rings. The number of benzene rings is 2. The largest absolute Gasteiger partial charge is 0.464 e. The van der Waals surface area contributed by atoms with Crippen molar-refractivity contribution in [2.75, 3.05) is 13.2 Å². The highest BCUT2D eigenvalue weighted by molar-refractivity contribution is 5.96. The standard InChI is InChI=1S/C20H18F3NO4/c21-20(22,23)16-10-8-15(9-11-16)19(27)24-13-18(26)28-12-4-7-17(25)14-5-2-1-3-6-14/h1-3,5-6,8-11H,4,7,12-13H2,(H,24,27). The summed E-state index contributed by atoms with van der Waals surface area (Å²) in [5.41, 5.74) is -0.291. The van der Waals surface area contributed by atoms with Gasteiger partial charge in [-0.2, -0.15) is 13.2 Å². The highest BCUT2D eigenvalue weighted by Crippen LogP contribution is 2.29. The van der Waals surface area contributed by atoms with Crippen LogP contribution in [0, 0.1) is 0 Å². The Morgan fingerprint density at radius 3 is 2.14 bits per heavy atom. The Hall–Kier alpha value is -3.16. The number of carbonyl (C=O) groups is 3. The zero-order valence-electron chi connectivity index (χ0n) is 14.8. The molecule has 5 nitrogen and oxygen atoms in total. The van der Waals surface area contributed by atoms with Gasteiger partial charge in [0.25, 0.3) is 5.91 Å². The van der Waals surface area contributed by atoms with E-state index in [0.717, 1.165) is 24.3 Å². The molecule has 0 saturated carbocycles. The minimum absolute atomic E-state index is 0.00532. The van der Waals surface area contributed by atoms with Crippen LogP contribution in [-0.4, -0.2) is 30.8 Å². The molecule has 0 spiro atoms. The predicted octanol–water partition coefficient (Wildman–Crippen LogP) is 3.64. The van der Waals surface area contributed by atoms with Crippen molar-refractivity contribution in [1.82, 2.24) is 5.32 Å². The van der Waals surface area contributed by atoms with Gasteiger partial charge in [-0.25, -0.2) is 0 Å². The summed E-state index contributed by atoms with van der Waals surface area (Å²) in [5, 5.41) is 2.27. The third-order valence-electron chi connectivity index (χ3n) is 3.77. The van der Waals surface area contributed by atoms with E-state index in [1.165, 1.54) is 0 Å². The number of alkyl halides is 3. The smallest absolute Gasteiger partial charge is 0.416 e. The average Bonchev–Trinajstić information content (AvgIpc) is 2.69. The van der Waals surface area contributed by atoms with Gasteiger partial charge in [0.2, 0.25) is 0 Å². The maximum atomic E-state index is 12.5. The van der Waals surface area contributed by atoms with Crippen molar-refractivity contribution < 1.29 is 32.3 Å². The molecule has 8 heteroatoms. The van der Waals surface area contributed by atoms with Crippen LogP contribution in [0.4, 0.5) is 13.2 Å². The van der Waals surface area contributed by atoms with E-state index in [-0.39, 0.29) is 24.4 Å². The van der Waals surface area contributed by atoms with Crippen LogP contribution in [0.25, 0.3) is 0 Å². The summed E-state index contributed by atoms with van der Waals surface area (Å²) in [6.45, 7) is -0.403. The second-order valence-corrected chi connectivity index (χ2v) is 5.87. The molecule has 2 aromatic carbocycles. The van der Waals surface area contributed by atoms with Crippen molar-refractivity contribution in [2.24, 2.45) is 0 Å². The normalized spacial score (nSPS) is 11.0. The van der Waals surface area contributed by atoms with E-state index in [2.05, 4.69) is 5.32 Å². The monoisotopic (exact) mass is 393 g/mol. The number of hydrogen-bond donors (Lipinski definition) is 1. The van der Waals surface area contributed by atoms with Crippen LogP contribution in [-0.2, 0) is 15.7 Å². The van der Waals surface area contributed by atoms with Gasteiger partial charge < -0.3 is 10.1 Å². The lowest BCUT2D eigenvalue weighted by atomic mass is 10.1. The van der Waals surface area contributed by atoms with Crippen LogP contribution >= 0.6 is 0 Å². The number of ether oxygens (including phenoxy) is 1. The number of hydrogen-bond acceptors (Lipinski definition) is 4. The van der Waals surface area contributed by atoms with Gasteiger partial charge >= 0.3 is 12.1 Å². The second-order valence-electron chi connectivity index (χ2n) is 5.87. The fourth-order valence-corrected chi connectivity index (χ4v) is 2.30. The lowest BCUT2D eigenvalue weighted by molar-refractivity contribution is -0.142. The van der Waals surface area contributed by atoms with E-state index < -0.39 is 30.2 Å². The number of carbonyl (C=O) groups excluding carboxylic acids is 3. The van der Waals surface area contributed by atoms with Gasteiger partial charge in [0.1, 0.15) is 6.54 Å². The van der Waals surface area contributed by atoms with Crippen LogP contribution in [0.2, 0.25) is 0 Å². The number of amides is 1. The van der Waals surface area contributed by atoms with Crippen LogP contribution in [0.15, 0.2) is 54.6 Å². The van der Waals surface area contributed by atoms with Crippen LogP contribution in [0.1, 0.15) is 39.1 Å². The molecule has 0 aliphatic rings. The van der Waals surface area contributed by atoms with E-state index >= 15 is 0 Å². The molecule has 1 amide bonds. The molecule has 0 atom stereocenters. The minimum atomic E-state index is -4.49. The first-order valence-electron chi connectivity index (χ1n) is 8.46. The molecule has 0 unspecified atom stereocenters. The molecule has 0 radical (unpaired) electrons. The van der Waals surface area contributed by atoms with Crippen molar-refractivity contribution in [3.63, 3.8) is 0 Å². The highest BCUT2D eigenvalue weighted by Gasteiger charge is 2.30. The zero-order chi connectivity index (χ0) is 20.6. The van der Waals surface area contributed by atoms with Crippen molar-refractivity contribution in [3.8, 4) is 0 Å². The Kier molecular flexibility index (Phi) is 7.31. The number of halogens is 3. The summed E-state index contributed by atoms with van der Waals surface area (Å²) in [6.07, 6.45) is -3.93. The number of nitrogens with one attached hydrogen (secondary N) is 1. The molecule has 1 N–H and O–H groups in total. The summed E-state index contributed by atoms with van der Waals surface area (Å²) in [4.78, 5) is 35.3. The summed E-state index contributed by atoms with van der Waals surface area (Å²) in [7, 11) is 0. The van der Waals surface area contributed by atoms with Crippen LogP contribution in [0.3, 0.4) is 0 Å². The highest BCUT2D eigenvalue weighted by atomic mass is 19.4. The maximum Gasteiger partial charge on any atom is 0.416 e.